The van der Waals surface area contributed by atoms with Crippen molar-refractivity contribution in [3.05, 3.63) is 36.1 Å². The minimum absolute atomic E-state index is 0.0542. The van der Waals surface area contributed by atoms with Crippen LogP contribution in [0.15, 0.2) is 30.5 Å². The van der Waals surface area contributed by atoms with Crippen molar-refractivity contribution in [3.63, 3.8) is 0 Å². The van der Waals surface area contributed by atoms with Gasteiger partial charge in [-0.25, -0.2) is 0 Å². The SMILES string of the molecule is COc1ccc(C2(C)CC(=O)C=CO2)cc1OC. The van der Waals surface area contributed by atoms with E-state index in [1.54, 1.807) is 14.2 Å². The van der Waals surface area contributed by atoms with Gasteiger partial charge in [0.2, 0.25) is 0 Å². The van der Waals surface area contributed by atoms with Gasteiger partial charge < -0.3 is 14.2 Å². The van der Waals surface area contributed by atoms with E-state index in [0.717, 1.165) is 5.56 Å². The van der Waals surface area contributed by atoms with Gasteiger partial charge in [-0.05, 0) is 24.6 Å². The summed E-state index contributed by atoms with van der Waals surface area (Å²) >= 11 is 0. The van der Waals surface area contributed by atoms with Crippen molar-refractivity contribution in [3.8, 4) is 11.5 Å². The molecule has 96 valence electrons. The highest BCUT2D eigenvalue weighted by Crippen LogP contribution is 2.37. The van der Waals surface area contributed by atoms with E-state index in [1.807, 2.05) is 25.1 Å². The molecular weight excluding hydrogens is 232 g/mol. The normalized spacial score (nSPS) is 22.5. The average molecular weight is 248 g/mol. The molecule has 1 aliphatic heterocycles. The maximum atomic E-state index is 11.5. The van der Waals surface area contributed by atoms with Crippen LogP contribution in [0, 0.1) is 0 Å². The molecule has 18 heavy (non-hydrogen) atoms. The van der Waals surface area contributed by atoms with Gasteiger partial charge in [0.05, 0.1) is 26.9 Å². The summed E-state index contributed by atoms with van der Waals surface area (Å²) in [4.78, 5) is 11.5. The highest BCUT2D eigenvalue weighted by atomic mass is 16.5. The highest BCUT2D eigenvalue weighted by molar-refractivity contribution is 5.91. The van der Waals surface area contributed by atoms with E-state index in [-0.39, 0.29) is 5.78 Å². The Balaban J connectivity index is 2.39. The Morgan fingerprint density at radius 3 is 2.56 bits per heavy atom. The van der Waals surface area contributed by atoms with Crippen molar-refractivity contribution in [1.29, 1.82) is 0 Å². The molecule has 0 saturated heterocycles. The van der Waals surface area contributed by atoms with Gasteiger partial charge in [0.1, 0.15) is 5.60 Å². The molecule has 0 aliphatic carbocycles. The van der Waals surface area contributed by atoms with Crippen molar-refractivity contribution < 1.29 is 19.0 Å². The fourth-order valence-corrected chi connectivity index (χ4v) is 2.03. The monoisotopic (exact) mass is 248 g/mol. The largest absolute Gasteiger partial charge is 0.493 e. The lowest BCUT2D eigenvalue weighted by atomic mass is 9.89. The van der Waals surface area contributed by atoms with Crippen molar-refractivity contribution in [1.82, 2.24) is 0 Å². The Labute approximate surface area is 106 Å². The lowest BCUT2D eigenvalue weighted by Gasteiger charge is -2.31. The van der Waals surface area contributed by atoms with E-state index in [4.69, 9.17) is 14.2 Å². The first kappa shape index (κ1) is 12.5. The fourth-order valence-electron chi connectivity index (χ4n) is 2.03. The third kappa shape index (κ3) is 2.18. The van der Waals surface area contributed by atoms with Crippen LogP contribution in [0.4, 0.5) is 0 Å². The van der Waals surface area contributed by atoms with Crippen LogP contribution in [0.2, 0.25) is 0 Å². The predicted molar refractivity (Wildman–Crippen MR) is 66.7 cm³/mol. The van der Waals surface area contributed by atoms with E-state index in [2.05, 4.69) is 0 Å². The number of benzene rings is 1. The molecular formula is C14H16O4. The molecule has 0 amide bonds. The first-order chi connectivity index (χ1) is 8.59. The molecule has 0 saturated carbocycles. The maximum absolute atomic E-state index is 11.5. The summed E-state index contributed by atoms with van der Waals surface area (Å²) in [6.07, 6.45) is 3.21. The summed E-state index contributed by atoms with van der Waals surface area (Å²) in [6.45, 7) is 1.88. The standard InChI is InChI=1S/C14H16O4/c1-14(9-11(15)6-7-18-14)10-4-5-12(16-2)13(8-10)17-3/h4-8H,9H2,1-3H3. The van der Waals surface area contributed by atoms with Crippen LogP contribution < -0.4 is 9.47 Å². The van der Waals surface area contributed by atoms with Crippen molar-refractivity contribution >= 4 is 5.78 Å². The fraction of sp³-hybridized carbons (Fsp3) is 0.357. The smallest absolute Gasteiger partial charge is 0.163 e. The van der Waals surface area contributed by atoms with Crippen LogP contribution in [-0.2, 0) is 15.1 Å². The molecule has 0 aromatic heterocycles. The van der Waals surface area contributed by atoms with E-state index in [1.165, 1.54) is 12.3 Å². The van der Waals surface area contributed by atoms with Gasteiger partial charge >= 0.3 is 0 Å². The summed E-state index contributed by atoms with van der Waals surface area (Å²) in [7, 11) is 3.17. The molecule has 0 fully saturated rings. The lowest BCUT2D eigenvalue weighted by Crippen LogP contribution is -2.29. The number of ketones is 1. The van der Waals surface area contributed by atoms with Crippen molar-refractivity contribution in [2.45, 2.75) is 18.9 Å². The van der Waals surface area contributed by atoms with Crippen LogP contribution in [0.5, 0.6) is 11.5 Å². The van der Waals surface area contributed by atoms with Gasteiger partial charge in [0.25, 0.3) is 0 Å². The Kier molecular flexibility index (Phi) is 3.28. The molecule has 1 aliphatic rings. The Morgan fingerprint density at radius 2 is 1.94 bits per heavy atom. The van der Waals surface area contributed by atoms with Crippen LogP contribution in [0.25, 0.3) is 0 Å². The van der Waals surface area contributed by atoms with E-state index in [0.29, 0.717) is 17.9 Å². The number of rotatable bonds is 3. The van der Waals surface area contributed by atoms with E-state index in [9.17, 15) is 4.79 Å². The second-order valence-corrected chi connectivity index (χ2v) is 4.36. The number of ether oxygens (including phenoxy) is 3. The third-order valence-electron chi connectivity index (χ3n) is 3.09. The number of hydrogen-bond acceptors (Lipinski definition) is 4. The molecule has 1 aromatic carbocycles. The molecule has 0 spiro atoms. The second kappa shape index (κ2) is 4.72. The number of methoxy groups -OCH3 is 2. The summed E-state index contributed by atoms with van der Waals surface area (Å²) in [6, 6.07) is 5.53. The highest BCUT2D eigenvalue weighted by Gasteiger charge is 2.33. The topological polar surface area (TPSA) is 44.8 Å². The molecule has 0 N–H and O–H groups in total. The number of hydrogen-bond donors (Lipinski definition) is 0. The Bertz CT molecular complexity index is 493. The molecule has 4 nitrogen and oxygen atoms in total. The number of carbonyl (C=O) groups is 1. The maximum Gasteiger partial charge on any atom is 0.163 e. The van der Waals surface area contributed by atoms with E-state index < -0.39 is 5.60 Å². The van der Waals surface area contributed by atoms with Gasteiger partial charge in [0.15, 0.2) is 17.3 Å². The van der Waals surface area contributed by atoms with Crippen molar-refractivity contribution in [2.24, 2.45) is 0 Å². The minimum atomic E-state index is -0.647. The van der Waals surface area contributed by atoms with Gasteiger partial charge in [-0.15, -0.1) is 0 Å². The summed E-state index contributed by atoms with van der Waals surface area (Å²) < 4.78 is 16.0. The van der Waals surface area contributed by atoms with E-state index >= 15 is 0 Å². The van der Waals surface area contributed by atoms with Crippen LogP contribution in [0.3, 0.4) is 0 Å². The predicted octanol–water partition coefficient (Wildman–Crippen LogP) is 2.42. The zero-order valence-corrected chi connectivity index (χ0v) is 10.7. The summed E-state index contributed by atoms with van der Waals surface area (Å²) in [5.41, 5.74) is 0.239. The number of allylic oxidation sites excluding steroid dienone is 1. The zero-order chi connectivity index (χ0) is 13.2. The molecule has 0 radical (unpaired) electrons. The molecule has 1 atom stereocenters. The Hall–Kier alpha value is -1.97. The van der Waals surface area contributed by atoms with Gasteiger partial charge in [0, 0.05) is 6.08 Å². The summed E-state index contributed by atoms with van der Waals surface area (Å²) in [5.74, 6) is 1.34. The van der Waals surface area contributed by atoms with Gasteiger partial charge in [-0.3, -0.25) is 4.79 Å². The van der Waals surface area contributed by atoms with Crippen molar-refractivity contribution in [2.75, 3.05) is 14.2 Å². The minimum Gasteiger partial charge on any atom is -0.493 e. The average Bonchev–Trinajstić information content (AvgIpc) is 2.37. The second-order valence-electron chi connectivity index (χ2n) is 4.36. The quantitative estimate of drug-likeness (QED) is 0.824. The first-order valence-corrected chi connectivity index (χ1v) is 5.69. The molecule has 1 unspecified atom stereocenters. The lowest BCUT2D eigenvalue weighted by molar-refractivity contribution is -0.122. The van der Waals surface area contributed by atoms with Crippen LogP contribution in [-0.4, -0.2) is 20.0 Å². The molecule has 0 bridgehead atoms. The molecule has 4 heteroatoms. The van der Waals surface area contributed by atoms with Crippen LogP contribution >= 0.6 is 0 Å². The molecule has 1 heterocycles. The van der Waals surface area contributed by atoms with Gasteiger partial charge in [-0.1, -0.05) is 6.07 Å². The summed E-state index contributed by atoms with van der Waals surface area (Å²) in [5, 5.41) is 0. The Morgan fingerprint density at radius 1 is 1.22 bits per heavy atom. The zero-order valence-electron chi connectivity index (χ0n) is 10.7. The molecule has 1 aromatic rings. The first-order valence-electron chi connectivity index (χ1n) is 5.69. The molecule has 2 rings (SSSR count). The van der Waals surface area contributed by atoms with Gasteiger partial charge in [-0.2, -0.15) is 0 Å². The third-order valence-corrected chi connectivity index (χ3v) is 3.09. The van der Waals surface area contributed by atoms with Crippen LogP contribution in [0.1, 0.15) is 18.9 Å². The number of carbonyl (C=O) groups excluding carboxylic acids is 1.